The first kappa shape index (κ1) is 19.7. The number of hydrogen-bond acceptors (Lipinski definition) is 5. The first-order valence-electron chi connectivity index (χ1n) is 9.11. The number of aryl methyl sites for hydroxylation is 1. The van der Waals surface area contributed by atoms with Crippen molar-refractivity contribution in [1.29, 1.82) is 0 Å². The minimum absolute atomic E-state index is 0.00558. The summed E-state index contributed by atoms with van der Waals surface area (Å²) in [6.45, 7) is 3.31. The lowest BCUT2D eigenvalue weighted by Gasteiger charge is -2.11. The number of sulfonamides is 1. The summed E-state index contributed by atoms with van der Waals surface area (Å²) in [5, 5.41) is 2.78. The number of ether oxygens (including phenoxy) is 1. The summed E-state index contributed by atoms with van der Waals surface area (Å²) in [6.07, 6.45) is 0. The molecule has 0 fully saturated rings. The Balaban J connectivity index is 1.63. The van der Waals surface area contributed by atoms with Gasteiger partial charge in [-0.2, -0.15) is 0 Å². The summed E-state index contributed by atoms with van der Waals surface area (Å²) in [4.78, 5) is 24.1. The van der Waals surface area contributed by atoms with Gasteiger partial charge in [0.1, 0.15) is 5.75 Å². The van der Waals surface area contributed by atoms with Crippen molar-refractivity contribution in [3.05, 3.63) is 77.4 Å². The van der Waals surface area contributed by atoms with Gasteiger partial charge in [-0.25, -0.2) is 8.42 Å². The second-order valence-corrected chi connectivity index (χ2v) is 8.64. The largest absolute Gasteiger partial charge is 0.454 e. The number of anilines is 2. The van der Waals surface area contributed by atoms with Crippen LogP contribution in [0.1, 0.15) is 33.2 Å². The minimum atomic E-state index is -3.90. The van der Waals surface area contributed by atoms with Gasteiger partial charge >= 0.3 is 0 Å². The van der Waals surface area contributed by atoms with Crippen LogP contribution < -0.4 is 14.8 Å². The molecule has 8 heteroatoms. The zero-order valence-electron chi connectivity index (χ0n) is 16.2. The summed E-state index contributed by atoms with van der Waals surface area (Å²) in [5.74, 6) is 0.275. The lowest BCUT2D eigenvalue weighted by Crippen LogP contribution is -2.15. The molecule has 7 nitrogen and oxygen atoms in total. The van der Waals surface area contributed by atoms with Gasteiger partial charge in [0.15, 0.2) is 11.5 Å². The second kappa shape index (κ2) is 7.31. The summed E-state index contributed by atoms with van der Waals surface area (Å²) in [7, 11) is -3.90. The Hall–Kier alpha value is -3.65. The molecule has 0 unspecified atom stereocenters. The van der Waals surface area contributed by atoms with Crippen LogP contribution in [0.3, 0.4) is 0 Å². The third kappa shape index (κ3) is 3.77. The number of amides is 1. The molecule has 4 rings (SSSR count). The standard InChI is InChI=1S/C22H18N2O5S/c1-13-3-9-21-19(11-13)23-22(26)18-12-16(6-10-20(18)29-21)24-30(27,28)17-7-4-15(5-8-17)14(2)25/h3-12,24H,1-2H3,(H,23,26). The van der Waals surface area contributed by atoms with E-state index < -0.39 is 15.9 Å². The second-order valence-electron chi connectivity index (χ2n) is 6.95. The number of carbonyl (C=O) groups is 2. The SMILES string of the molecule is CC(=O)c1ccc(S(=O)(=O)Nc2ccc3c(c2)C(=O)Nc2cc(C)ccc2O3)cc1. The van der Waals surface area contributed by atoms with Gasteiger partial charge in [-0.1, -0.05) is 18.2 Å². The van der Waals surface area contributed by atoms with E-state index in [1.54, 1.807) is 18.2 Å². The highest BCUT2D eigenvalue weighted by atomic mass is 32.2. The summed E-state index contributed by atoms with van der Waals surface area (Å²) < 4.78 is 33.7. The maximum atomic E-state index is 12.7. The van der Waals surface area contributed by atoms with Gasteiger partial charge in [0.05, 0.1) is 16.1 Å². The van der Waals surface area contributed by atoms with E-state index in [9.17, 15) is 18.0 Å². The Morgan fingerprint density at radius 3 is 2.37 bits per heavy atom. The van der Waals surface area contributed by atoms with Crippen LogP contribution in [0, 0.1) is 6.92 Å². The van der Waals surface area contributed by atoms with E-state index in [2.05, 4.69) is 10.0 Å². The number of hydrogen-bond donors (Lipinski definition) is 2. The predicted molar refractivity (Wildman–Crippen MR) is 113 cm³/mol. The van der Waals surface area contributed by atoms with E-state index in [0.717, 1.165) is 5.56 Å². The normalized spacial score (nSPS) is 12.7. The van der Waals surface area contributed by atoms with Crippen LogP contribution in [0.4, 0.5) is 11.4 Å². The summed E-state index contributed by atoms with van der Waals surface area (Å²) in [6, 6.07) is 15.5. The van der Waals surface area contributed by atoms with Crippen LogP contribution in [-0.4, -0.2) is 20.1 Å². The van der Waals surface area contributed by atoms with Crippen molar-refractivity contribution >= 4 is 33.1 Å². The molecule has 30 heavy (non-hydrogen) atoms. The van der Waals surface area contributed by atoms with Crippen molar-refractivity contribution in [2.45, 2.75) is 18.7 Å². The Kier molecular flexibility index (Phi) is 4.79. The fraction of sp³-hybridized carbons (Fsp3) is 0.0909. The smallest absolute Gasteiger partial charge is 0.261 e. The molecular weight excluding hydrogens is 404 g/mol. The molecule has 0 bridgehead atoms. The fourth-order valence-corrected chi connectivity index (χ4v) is 4.13. The quantitative estimate of drug-likeness (QED) is 0.609. The number of fused-ring (bicyclic) bond motifs is 2. The Bertz CT molecular complexity index is 1280. The molecule has 1 aliphatic heterocycles. The molecule has 0 radical (unpaired) electrons. The fourth-order valence-electron chi connectivity index (χ4n) is 3.08. The molecule has 3 aromatic rings. The zero-order chi connectivity index (χ0) is 21.5. The lowest BCUT2D eigenvalue weighted by molar-refractivity contribution is 0.101. The average molecular weight is 422 g/mol. The molecular formula is C22H18N2O5S. The first-order chi connectivity index (χ1) is 14.2. The van der Waals surface area contributed by atoms with Crippen molar-refractivity contribution in [2.24, 2.45) is 0 Å². The average Bonchev–Trinajstić information content (AvgIpc) is 2.83. The van der Waals surface area contributed by atoms with Crippen LogP contribution in [0.2, 0.25) is 0 Å². The van der Waals surface area contributed by atoms with E-state index in [4.69, 9.17) is 4.74 Å². The maximum Gasteiger partial charge on any atom is 0.261 e. The number of rotatable bonds is 4. The Morgan fingerprint density at radius 2 is 1.67 bits per heavy atom. The van der Waals surface area contributed by atoms with Gasteiger partial charge in [0, 0.05) is 11.3 Å². The third-order valence-corrected chi connectivity index (χ3v) is 6.05. The highest BCUT2D eigenvalue weighted by molar-refractivity contribution is 7.92. The van der Waals surface area contributed by atoms with Crippen molar-refractivity contribution < 1.29 is 22.7 Å². The van der Waals surface area contributed by atoms with E-state index in [1.165, 1.54) is 43.3 Å². The summed E-state index contributed by atoms with van der Waals surface area (Å²) >= 11 is 0. The topological polar surface area (TPSA) is 102 Å². The molecule has 0 saturated carbocycles. The number of nitrogens with one attached hydrogen (secondary N) is 2. The van der Waals surface area contributed by atoms with Crippen LogP contribution in [0.5, 0.6) is 11.5 Å². The van der Waals surface area contributed by atoms with Gasteiger partial charge in [-0.3, -0.25) is 14.3 Å². The Labute approximate surface area is 173 Å². The highest BCUT2D eigenvalue weighted by Crippen LogP contribution is 2.37. The van der Waals surface area contributed by atoms with E-state index in [0.29, 0.717) is 22.7 Å². The lowest BCUT2D eigenvalue weighted by atomic mass is 10.1. The van der Waals surface area contributed by atoms with Crippen molar-refractivity contribution in [1.82, 2.24) is 0 Å². The number of ketones is 1. The highest BCUT2D eigenvalue weighted by Gasteiger charge is 2.23. The molecule has 2 N–H and O–H groups in total. The van der Waals surface area contributed by atoms with Gasteiger partial charge in [-0.05, 0) is 61.9 Å². The molecule has 0 spiro atoms. The van der Waals surface area contributed by atoms with Crippen LogP contribution in [-0.2, 0) is 10.0 Å². The van der Waals surface area contributed by atoms with Crippen molar-refractivity contribution in [3.63, 3.8) is 0 Å². The molecule has 1 aliphatic rings. The van der Waals surface area contributed by atoms with Crippen LogP contribution in [0.25, 0.3) is 0 Å². The monoisotopic (exact) mass is 422 g/mol. The molecule has 152 valence electrons. The van der Waals surface area contributed by atoms with E-state index in [1.807, 2.05) is 13.0 Å². The van der Waals surface area contributed by atoms with E-state index >= 15 is 0 Å². The van der Waals surface area contributed by atoms with Crippen LogP contribution >= 0.6 is 0 Å². The van der Waals surface area contributed by atoms with Gasteiger partial charge in [0.2, 0.25) is 0 Å². The molecule has 1 heterocycles. The minimum Gasteiger partial charge on any atom is -0.454 e. The number of Topliss-reactive ketones (excluding diaryl/α,β-unsaturated/α-hetero) is 1. The molecule has 0 aromatic heterocycles. The number of carbonyl (C=O) groups excluding carboxylic acids is 2. The maximum absolute atomic E-state index is 12.7. The molecule has 1 amide bonds. The van der Waals surface area contributed by atoms with Crippen molar-refractivity contribution in [3.8, 4) is 11.5 Å². The molecule has 0 aliphatic carbocycles. The van der Waals surface area contributed by atoms with E-state index in [-0.39, 0.29) is 21.9 Å². The summed E-state index contributed by atoms with van der Waals surface area (Å²) in [5.41, 5.74) is 2.35. The molecule has 3 aromatic carbocycles. The zero-order valence-corrected chi connectivity index (χ0v) is 17.0. The van der Waals surface area contributed by atoms with Gasteiger partial charge < -0.3 is 10.1 Å². The molecule has 0 atom stereocenters. The van der Waals surface area contributed by atoms with Crippen LogP contribution in [0.15, 0.2) is 65.6 Å². The number of benzene rings is 3. The van der Waals surface area contributed by atoms with Gasteiger partial charge in [0.25, 0.3) is 15.9 Å². The third-order valence-electron chi connectivity index (χ3n) is 4.65. The molecule has 0 saturated heterocycles. The predicted octanol–water partition coefficient (Wildman–Crippen LogP) is 4.36. The Morgan fingerprint density at radius 1 is 0.967 bits per heavy atom. The first-order valence-corrected chi connectivity index (χ1v) is 10.6. The van der Waals surface area contributed by atoms with Crippen molar-refractivity contribution in [2.75, 3.05) is 10.0 Å². The van der Waals surface area contributed by atoms with Gasteiger partial charge in [-0.15, -0.1) is 0 Å².